The van der Waals surface area contributed by atoms with Crippen molar-refractivity contribution < 1.29 is 35.1 Å². The molecule has 0 spiro atoms. The molecular formula is C15H20F2N2O6S2. The minimum absolute atomic E-state index is 0.0356. The molecule has 1 unspecified atom stereocenters. The molecule has 1 saturated heterocycles. The molecule has 0 aliphatic carbocycles. The zero-order chi connectivity index (χ0) is 20.2. The minimum Gasteiger partial charge on any atom is -0.433 e. The van der Waals surface area contributed by atoms with Crippen LogP contribution in [0.2, 0.25) is 0 Å². The van der Waals surface area contributed by atoms with Crippen LogP contribution < -0.4 is 10.1 Å². The van der Waals surface area contributed by atoms with Crippen molar-refractivity contribution >= 4 is 25.8 Å². The predicted molar refractivity (Wildman–Crippen MR) is 92.7 cm³/mol. The van der Waals surface area contributed by atoms with Crippen LogP contribution in [0.1, 0.15) is 13.3 Å². The summed E-state index contributed by atoms with van der Waals surface area (Å²) in [6.07, 6.45) is 0.262. The van der Waals surface area contributed by atoms with Crippen molar-refractivity contribution in [1.82, 2.24) is 9.62 Å². The number of rotatable bonds is 8. The minimum atomic E-state index is -4.28. The summed E-state index contributed by atoms with van der Waals surface area (Å²) in [5.41, 5.74) is 0. The summed E-state index contributed by atoms with van der Waals surface area (Å²) < 4.78 is 78.5. The van der Waals surface area contributed by atoms with Gasteiger partial charge in [0.15, 0.2) is 9.84 Å². The average molecular weight is 426 g/mol. The number of carbonyl (C=O) groups excluding carboxylic acids is 1. The number of carbonyl (C=O) groups is 1. The van der Waals surface area contributed by atoms with Gasteiger partial charge in [0.1, 0.15) is 10.6 Å². The Balaban J connectivity index is 2.15. The zero-order valence-electron chi connectivity index (χ0n) is 14.5. The highest BCUT2D eigenvalue weighted by atomic mass is 32.2. The second-order valence-electron chi connectivity index (χ2n) is 5.92. The summed E-state index contributed by atoms with van der Waals surface area (Å²) >= 11 is 0. The fourth-order valence-electron chi connectivity index (χ4n) is 2.70. The first-order valence-corrected chi connectivity index (χ1v) is 11.3. The van der Waals surface area contributed by atoms with Gasteiger partial charge in [-0.15, -0.1) is 0 Å². The molecule has 0 bridgehead atoms. The van der Waals surface area contributed by atoms with Gasteiger partial charge in [-0.2, -0.15) is 13.1 Å². The Morgan fingerprint density at radius 2 is 2.04 bits per heavy atom. The molecule has 12 heteroatoms. The number of nitrogens with one attached hydrogen (secondary N) is 1. The van der Waals surface area contributed by atoms with Crippen molar-refractivity contribution in [1.29, 1.82) is 0 Å². The van der Waals surface area contributed by atoms with E-state index in [0.717, 1.165) is 16.4 Å². The van der Waals surface area contributed by atoms with Gasteiger partial charge >= 0.3 is 6.61 Å². The monoisotopic (exact) mass is 426 g/mol. The number of hydrogen-bond acceptors (Lipinski definition) is 6. The molecule has 2 rings (SSSR count). The van der Waals surface area contributed by atoms with E-state index in [-0.39, 0.29) is 24.5 Å². The van der Waals surface area contributed by atoms with E-state index in [0.29, 0.717) is 0 Å². The highest BCUT2D eigenvalue weighted by Gasteiger charge is 2.32. The normalized spacial score (nSPS) is 19.4. The van der Waals surface area contributed by atoms with Gasteiger partial charge in [0.25, 0.3) is 0 Å². The summed E-state index contributed by atoms with van der Waals surface area (Å²) in [4.78, 5) is 11.7. The second kappa shape index (κ2) is 8.48. The standard InChI is InChI=1S/C15H20F2N2O6S2/c1-2-19(9-14(20)18-11-7-8-26(21,22)10-11)27(23,24)13-6-4-3-5-12(13)25-15(16)17/h3-6,11,15H,2,7-10H2,1H3,(H,18,20). The molecule has 0 radical (unpaired) electrons. The van der Waals surface area contributed by atoms with Gasteiger partial charge in [-0.1, -0.05) is 19.1 Å². The summed E-state index contributed by atoms with van der Waals surface area (Å²) in [6, 6.07) is 4.33. The Labute approximate surface area is 156 Å². The van der Waals surface area contributed by atoms with Gasteiger partial charge in [-0.25, -0.2) is 16.8 Å². The first-order chi connectivity index (χ1) is 12.5. The summed E-state index contributed by atoms with van der Waals surface area (Å²) in [6.45, 7) is -2.38. The van der Waals surface area contributed by atoms with E-state index in [1.165, 1.54) is 19.1 Å². The van der Waals surface area contributed by atoms with Crippen LogP contribution in [0.15, 0.2) is 29.2 Å². The van der Waals surface area contributed by atoms with Gasteiger partial charge < -0.3 is 10.1 Å². The maximum Gasteiger partial charge on any atom is 0.387 e. The first kappa shape index (κ1) is 21.5. The average Bonchev–Trinajstić information content (AvgIpc) is 2.90. The Kier molecular flexibility index (Phi) is 6.76. The fraction of sp³-hybridized carbons (Fsp3) is 0.533. The summed E-state index contributed by atoms with van der Waals surface area (Å²) in [7, 11) is -7.48. The summed E-state index contributed by atoms with van der Waals surface area (Å²) in [5, 5.41) is 2.49. The number of sulfonamides is 1. The van der Waals surface area contributed by atoms with Crippen LogP contribution in [-0.4, -0.2) is 64.3 Å². The number of para-hydroxylation sites is 1. The predicted octanol–water partition coefficient (Wildman–Crippen LogP) is 0.602. The molecule has 27 heavy (non-hydrogen) atoms. The van der Waals surface area contributed by atoms with Crippen LogP contribution in [0.5, 0.6) is 5.75 Å². The molecule has 0 saturated carbocycles. The number of hydrogen-bond donors (Lipinski definition) is 1. The lowest BCUT2D eigenvalue weighted by Crippen LogP contribution is -2.44. The number of ether oxygens (including phenoxy) is 1. The molecule has 1 atom stereocenters. The van der Waals surface area contributed by atoms with Crippen LogP contribution in [0, 0.1) is 0 Å². The Morgan fingerprint density at radius 1 is 1.37 bits per heavy atom. The maximum absolute atomic E-state index is 12.8. The molecule has 1 aliphatic heterocycles. The number of halogens is 2. The largest absolute Gasteiger partial charge is 0.433 e. The molecule has 1 aliphatic rings. The number of alkyl halides is 2. The second-order valence-corrected chi connectivity index (χ2v) is 10.1. The summed E-state index contributed by atoms with van der Waals surface area (Å²) in [5.74, 6) is -1.42. The van der Waals surface area contributed by atoms with E-state index in [1.807, 2.05) is 0 Å². The third-order valence-electron chi connectivity index (χ3n) is 3.95. The van der Waals surface area contributed by atoms with Crippen molar-refractivity contribution in [2.24, 2.45) is 0 Å². The van der Waals surface area contributed by atoms with Crippen molar-refractivity contribution in [3.05, 3.63) is 24.3 Å². The first-order valence-electron chi connectivity index (χ1n) is 8.09. The van der Waals surface area contributed by atoms with Crippen LogP contribution in [0.3, 0.4) is 0 Å². The van der Waals surface area contributed by atoms with Crippen molar-refractivity contribution in [2.75, 3.05) is 24.6 Å². The number of sulfone groups is 1. The molecule has 1 aromatic carbocycles. The quantitative estimate of drug-likeness (QED) is 0.652. The van der Waals surface area contributed by atoms with Crippen LogP contribution in [0.4, 0.5) is 8.78 Å². The van der Waals surface area contributed by atoms with E-state index in [4.69, 9.17) is 0 Å². The third-order valence-corrected chi connectivity index (χ3v) is 7.68. The number of likely N-dealkylation sites (N-methyl/N-ethyl adjacent to an activating group) is 1. The molecule has 152 valence electrons. The Bertz CT molecular complexity index is 889. The maximum atomic E-state index is 12.8. The molecule has 8 nitrogen and oxygen atoms in total. The fourth-order valence-corrected chi connectivity index (χ4v) is 5.90. The highest BCUT2D eigenvalue weighted by Crippen LogP contribution is 2.27. The topological polar surface area (TPSA) is 110 Å². The number of nitrogens with zero attached hydrogens (tertiary/aromatic N) is 1. The van der Waals surface area contributed by atoms with E-state index >= 15 is 0 Å². The van der Waals surface area contributed by atoms with Crippen LogP contribution in [0.25, 0.3) is 0 Å². The lowest BCUT2D eigenvalue weighted by molar-refractivity contribution is -0.121. The Hall–Kier alpha value is -1.79. The van der Waals surface area contributed by atoms with Crippen LogP contribution >= 0.6 is 0 Å². The molecule has 1 fully saturated rings. The molecule has 0 aromatic heterocycles. The smallest absolute Gasteiger partial charge is 0.387 e. The van der Waals surface area contributed by atoms with E-state index in [1.54, 1.807) is 0 Å². The lowest BCUT2D eigenvalue weighted by Gasteiger charge is -2.22. The molecule has 1 heterocycles. The molecule has 1 N–H and O–H groups in total. The lowest BCUT2D eigenvalue weighted by atomic mass is 10.2. The number of benzene rings is 1. The third kappa shape index (κ3) is 5.59. The van der Waals surface area contributed by atoms with Gasteiger partial charge in [-0.3, -0.25) is 4.79 Å². The van der Waals surface area contributed by atoms with Gasteiger partial charge in [0.05, 0.1) is 18.1 Å². The zero-order valence-corrected chi connectivity index (χ0v) is 16.1. The van der Waals surface area contributed by atoms with E-state index in [9.17, 15) is 30.4 Å². The SMILES string of the molecule is CCN(CC(=O)NC1CCS(=O)(=O)C1)S(=O)(=O)c1ccccc1OC(F)F. The van der Waals surface area contributed by atoms with Crippen molar-refractivity contribution in [3.63, 3.8) is 0 Å². The number of amides is 1. The van der Waals surface area contributed by atoms with Crippen LogP contribution in [-0.2, 0) is 24.7 Å². The Morgan fingerprint density at radius 3 is 2.59 bits per heavy atom. The van der Waals surface area contributed by atoms with Gasteiger partial charge in [-0.05, 0) is 18.6 Å². The van der Waals surface area contributed by atoms with Gasteiger partial charge in [0.2, 0.25) is 15.9 Å². The molecule has 1 amide bonds. The van der Waals surface area contributed by atoms with Gasteiger partial charge in [0, 0.05) is 12.6 Å². The highest BCUT2D eigenvalue weighted by molar-refractivity contribution is 7.91. The van der Waals surface area contributed by atoms with Crippen molar-refractivity contribution in [2.45, 2.75) is 30.9 Å². The molecule has 1 aromatic rings. The molecular weight excluding hydrogens is 406 g/mol. The van der Waals surface area contributed by atoms with Crippen molar-refractivity contribution in [3.8, 4) is 5.75 Å². The van der Waals surface area contributed by atoms with E-state index in [2.05, 4.69) is 10.1 Å². The van der Waals surface area contributed by atoms with E-state index < -0.39 is 55.6 Å².